The number of ether oxygens (including phenoxy) is 1. The van der Waals surface area contributed by atoms with Crippen molar-refractivity contribution in [3.8, 4) is 11.6 Å². The van der Waals surface area contributed by atoms with Crippen LogP contribution in [-0.2, 0) is 5.41 Å². The van der Waals surface area contributed by atoms with Crippen molar-refractivity contribution >= 4 is 5.97 Å². The highest BCUT2D eigenvalue weighted by Crippen LogP contribution is 2.29. The van der Waals surface area contributed by atoms with E-state index >= 15 is 0 Å². The van der Waals surface area contributed by atoms with Gasteiger partial charge in [0, 0.05) is 6.20 Å². The first-order valence-corrected chi connectivity index (χ1v) is 6.91. The van der Waals surface area contributed by atoms with E-state index in [2.05, 4.69) is 25.8 Å². The topological polar surface area (TPSA) is 59.4 Å². The Labute approximate surface area is 124 Å². The normalized spacial score (nSPS) is 11.2. The van der Waals surface area contributed by atoms with Crippen molar-refractivity contribution in [1.29, 1.82) is 0 Å². The minimum atomic E-state index is -1.05. The molecule has 0 aliphatic carbocycles. The highest BCUT2D eigenvalue weighted by molar-refractivity contribution is 5.90. The summed E-state index contributed by atoms with van der Waals surface area (Å²) >= 11 is 0. The van der Waals surface area contributed by atoms with Crippen LogP contribution in [-0.4, -0.2) is 16.1 Å². The highest BCUT2D eigenvalue weighted by Gasteiger charge is 2.18. The molecule has 0 atom stereocenters. The Morgan fingerprint density at radius 2 is 1.90 bits per heavy atom. The Hall–Kier alpha value is -2.36. The molecule has 0 spiro atoms. The summed E-state index contributed by atoms with van der Waals surface area (Å²) in [7, 11) is 0. The van der Waals surface area contributed by atoms with Gasteiger partial charge >= 0.3 is 5.97 Å². The van der Waals surface area contributed by atoms with Crippen LogP contribution in [0.3, 0.4) is 0 Å². The van der Waals surface area contributed by atoms with Crippen LogP contribution >= 0.6 is 0 Å². The van der Waals surface area contributed by atoms with Gasteiger partial charge in [0.2, 0.25) is 5.88 Å². The molecule has 2 rings (SSSR count). The van der Waals surface area contributed by atoms with Crippen molar-refractivity contribution in [2.75, 3.05) is 0 Å². The highest BCUT2D eigenvalue weighted by atomic mass is 16.5. The van der Waals surface area contributed by atoms with E-state index in [4.69, 9.17) is 9.84 Å². The van der Waals surface area contributed by atoms with Crippen LogP contribution in [0.1, 0.15) is 43.1 Å². The first kappa shape index (κ1) is 15.0. The molecule has 0 amide bonds. The molecule has 0 radical (unpaired) electrons. The molecule has 21 heavy (non-hydrogen) atoms. The van der Waals surface area contributed by atoms with Gasteiger partial charge in [0.15, 0.2) is 0 Å². The summed E-state index contributed by atoms with van der Waals surface area (Å²) in [6.45, 7) is 6.52. The number of carboxylic acids is 1. The molecule has 1 aromatic heterocycles. The number of hydrogen-bond donors (Lipinski definition) is 1. The van der Waals surface area contributed by atoms with Gasteiger partial charge in [-0.3, -0.25) is 0 Å². The number of aromatic nitrogens is 1. The fourth-order valence-corrected chi connectivity index (χ4v) is 1.92. The van der Waals surface area contributed by atoms with Crippen molar-refractivity contribution in [3.63, 3.8) is 0 Å². The summed E-state index contributed by atoms with van der Waals surface area (Å²) in [4.78, 5) is 15.1. The van der Waals surface area contributed by atoms with Crippen LogP contribution in [0.2, 0.25) is 0 Å². The molecular formula is C17H19NO3. The monoisotopic (exact) mass is 285 g/mol. The number of rotatable bonds is 5. The SMILES string of the molecule is CCC(C)(C)c1ccc(Oc2ncccc2C(=O)O)cc1. The van der Waals surface area contributed by atoms with E-state index in [-0.39, 0.29) is 16.9 Å². The van der Waals surface area contributed by atoms with Gasteiger partial charge in [-0.2, -0.15) is 0 Å². The zero-order valence-corrected chi connectivity index (χ0v) is 12.5. The van der Waals surface area contributed by atoms with Gasteiger partial charge < -0.3 is 9.84 Å². The van der Waals surface area contributed by atoms with Gasteiger partial charge in [-0.05, 0) is 41.7 Å². The quantitative estimate of drug-likeness (QED) is 0.891. The molecule has 4 heteroatoms. The fraction of sp³-hybridized carbons (Fsp3) is 0.294. The minimum absolute atomic E-state index is 0.0514. The van der Waals surface area contributed by atoms with Gasteiger partial charge in [-0.25, -0.2) is 9.78 Å². The second kappa shape index (κ2) is 5.95. The third-order valence-electron chi connectivity index (χ3n) is 3.74. The lowest BCUT2D eigenvalue weighted by molar-refractivity contribution is 0.0693. The summed E-state index contributed by atoms with van der Waals surface area (Å²) in [5, 5.41) is 9.11. The van der Waals surface area contributed by atoms with E-state index in [1.165, 1.54) is 17.8 Å². The van der Waals surface area contributed by atoms with E-state index in [9.17, 15) is 4.79 Å². The Kier molecular flexibility index (Phi) is 4.26. The van der Waals surface area contributed by atoms with Crippen LogP contribution in [0.5, 0.6) is 11.6 Å². The molecule has 2 aromatic rings. The summed E-state index contributed by atoms with van der Waals surface area (Å²) in [5.41, 5.74) is 1.38. The molecule has 1 heterocycles. The maximum Gasteiger partial charge on any atom is 0.341 e. The Morgan fingerprint density at radius 3 is 2.48 bits per heavy atom. The molecule has 0 aliphatic rings. The van der Waals surface area contributed by atoms with E-state index in [1.54, 1.807) is 6.07 Å². The lowest BCUT2D eigenvalue weighted by Crippen LogP contribution is -2.14. The van der Waals surface area contributed by atoms with Crippen LogP contribution in [0.25, 0.3) is 0 Å². The Bertz CT molecular complexity index is 633. The second-order valence-corrected chi connectivity index (χ2v) is 5.53. The van der Waals surface area contributed by atoms with Gasteiger partial charge in [0.25, 0.3) is 0 Å². The number of pyridine rings is 1. The van der Waals surface area contributed by atoms with E-state index in [0.717, 1.165) is 6.42 Å². The van der Waals surface area contributed by atoms with Gasteiger partial charge in [-0.1, -0.05) is 32.9 Å². The van der Waals surface area contributed by atoms with Gasteiger partial charge in [0.05, 0.1) is 0 Å². The van der Waals surface area contributed by atoms with Crippen LogP contribution in [0.15, 0.2) is 42.6 Å². The first-order chi connectivity index (χ1) is 9.94. The third-order valence-corrected chi connectivity index (χ3v) is 3.74. The predicted molar refractivity (Wildman–Crippen MR) is 81.0 cm³/mol. The third kappa shape index (κ3) is 3.40. The molecule has 1 N–H and O–H groups in total. The summed E-state index contributed by atoms with van der Waals surface area (Å²) in [6.07, 6.45) is 2.55. The Morgan fingerprint density at radius 1 is 1.24 bits per heavy atom. The molecule has 0 fully saturated rings. The van der Waals surface area contributed by atoms with Crippen molar-refractivity contribution in [1.82, 2.24) is 4.98 Å². The molecule has 0 saturated heterocycles. The molecule has 0 saturated carbocycles. The van der Waals surface area contributed by atoms with Gasteiger partial charge in [-0.15, -0.1) is 0 Å². The minimum Gasteiger partial charge on any atom is -0.477 e. The molecular weight excluding hydrogens is 266 g/mol. The zero-order valence-electron chi connectivity index (χ0n) is 12.5. The smallest absolute Gasteiger partial charge is 0.341 e. The van der Waals surface area contributed by atoms with Crippen molar-refractivity contribution in [3.05, 3.63) is 53.7 Å². The van der Waals surface area contributed by atoms with E-state index < -0.39 is 5.97 Å². The largest absolute Gasteiger partial charge is 0.477 e. The number of carbonyl (C=O) groups is 1. The standard InChI is InChI=1S/C17H19NO3/c1-4-17(2,3)12-7-9-13(10-8-12)21-15-14(16(19)20)6-5-11-18-15/h5-11H,4H2,1-3H3,(H,19,20). The average Bonchev–Trinajstić information content (AvgIpc) is 2.48. The molecule has 0 bridgehead atoms. The van der Waals surface area contributed by atoms with Crippen LogP contribution in [0.4, 0.5) is 0 Å². The number of carboxylic acid groups (broad SMARTS) is 1. The molecule has 0 unspecified atom stereocenters. The molecule has 110 valence electrons. The summed E-state index contributed by atoms with van der Waals surface area (Å²) in [6, 6.07) is 10.7. The molecule has 0 aliphatic heterocycles. The maximum atomic E-state index is 11.1. The fourth-order valence-electron chi connectivity index (χ4n) is 1.92. The summed E-state index contributed by atoms with van der Waals surface area (Å²) < 4.78 is 5.58. The van der Waals surface area contributed by atoms with Crippen molar-refractivity contribution in [2.45, 2.75) is 32.6 Å². The van der Waals surface area contributed by atoms with Crippen molar-refractivity contribution in [2.24, 2.45) is 0 Å². The zero-order chi connectivity index (χ0) is 15.5. The average molecular weight is 285 g/mol. The number of aromatic carboxylic acids is 1. The van der Waals surface area contributed by atoms with E-state index in [1.807, 2.05) is 24.3 Å². The van der Waals surface area contributed by atoms with E-state index in [0.29, 0.717) is 5.75 Å². The number of benzene rings is 1. The Balaban J connectivity index is 2.24. The molecule has 4 nitrogen and oxygen atoms in total. The maximum absolute atomic E-state index is 11.1. The second-order valence-electron chi connectivity index (χ2n) is 5.53. The van der Waals surface area contributed by atoms with Crippen molar-refractivity contribution < 1.29 is 14.6 Å². The molecule has 1 aromatic carbocycles. The predicted octanol–water partition coefficient (Wildman–Crippen LogP) is 4.26. The lowest BCUT2D eigenvalue weighted by atomic mass is 9.82. The van der Waals surface area contributed by atoms with Crippen LogP contribution in [0, 0.1) is 0 Å². The summed E-state index contributed by atoms with van der Waals surface area (Å²) in [5.74, 6) is -0.374. The number of nitrogens with zero attached hydrogens (tertiary/aromatic N) is 1. The van der Waals surface area contributed by atoms with Crippen LogP contribution < -0.4 is 4.74 Å². The van der Waals surface area contributed by atoms with Gasteiger partial charge in [0.1, 0.15) is 11.3 Å². The lowest BCUT2D eigenvalue weighted by Gasteiger charge is -2.23. The first-order valence-electron chi connectivity index (χ1n) is 6.91. The number of hydrogen-bond acceptors (Lipinski definition) is 3.